The minimum Gasteiger partial charge on any atom is -0.369 e. The van der Waals surface area contributed by atoms with Gasteiger partial charge in [-0.05, 0) is 12.0 Å². The second kappa shape index (κ2) is 5.62. The maximum absolute atomic E-state index is 11.4. The average Bonchev–Trinajstić information content (AvgIpc) is 2.26. The highest BCUT2D eigenvalue weighted by Crippen LogP contribution is 2.01. The summed E-state index contributed by atoms with van der Waals surface area (Å²) < 4.78 is 24.9. The molecule has 0 bridgehead atoms. The number of nitrogens with two attached hydrogens (primary N) is 1. The number of nitrogens with one attached hydrogen (secondary N) is 1. The normalized spacial score (nSPS) is 11.2. The van der Waals surface area contributed by atoms with E-state index in [2.05, 4.69) is 4.72 Å². The molecule has 0 aliphatic rings. The van der Waals surface area contributed by atoms with E-state index < -0.39 is 15.9 Å². The molecule has 5 nitrogen and oxygen atoms in total. The van der Waals surface area contributed by atoms with Gasteiger partial charge in [-0.15, -0.1) is 0 Å². The fraction of sp³-hybridized carbons (Fsp3) is 0.300. The molecule has 1 rings (SSSR count). The van der Waals surface area contributed by atoms with Crippen LogP contribution in [0.15, 0.2) is 30.3 Å². The third-order valence-electron chi connectivity index (χ3n) is 1.97. The zero-order valence-electron chi connectivity index (χ0n) is 8.72. The SMILES string of the molecule is NC(=O)CNS(=O)(=O)CCc1ccccc1. The van der Waals surface area contributed by atoms with Crippen molar-refractivity contribution in [3.8, 4) is 0 Å². The predicted molar refractivity (Wildman–Crippen MR) is 61.1 cm³/mol. The first kappa shape index (κ1) is 12.7. The van der Waals surface area contributed by atoms with E-state index >= 15 is 0 Å². The fourth-order valence-corrected chi connectivity index (χ4v) is 2.16. The van der Waals surface area contributed by atoms with E-state index in [4.69, 9.17) is 5.73 Å². The summed E-state index contributed by atoms with van der Waals surface area (Å²) in [5, 5.41) is 0. The Hall–Kier alpha value is -1.40. The van der Waals surface area contributed by atoms with Crippen molar-refractivity contribution in [2.24, 2.45) is 5.73 Å². The summed E-state index contributed by atoms with van der Waals surface area (Å²) >= 11 is 0. The van der Waals surface area contributed by atoms with Gasteiger partial charge in [0.15, 0.2) is 0 Å². The van der Waals surface area contributed by atoms with Gasteiger partial charge in [-0.3, -0.25) is 4.79 Å². The van der Waals surface area contributed by atoms with Crippen LogP contribution in [0.4, 0.5) is 0 Å². The first-order chi connectivity index (χ1) is 7.49. The molecule has 0 radical (unpaired) electrons. The van der Waals surface area contributed by atoms with Crippen LogP contribution in [-0.4, -0.2) is 26.6 Å². The predicted octanol–water partition coefficient (Wildman–Crippen LogP) is -0.366. The molecule has 0 fully saturated rings. The lowest BCUT2D eigenvalue weighted by Crippen LogP contribution is -2.35. The standard InChI is InChI=1S/C10H14N2O3S/c11-10(13)8-12-16(14,15)7-6-9-4-2-1-3-5-9/h1-5,12H,6-8H2,(H2,11,13). The summed E-state index contributed by atoms with van der Waals surface area (Å²) in [5.41, 5.74) is 5.78. The van der Waals surface area contributed by atoms with Crippen LogP contribution in [0.25, 0.3) is 0 Å². The van der Waals surface area contributed by atoms with Crippen molar-refractivity contribution in [2.75, 3.05) is 12.3 Å². The van der Waals surface area contributed by atoms with Crippen LogP contribution in [0.2, 0.25) is 0 Å². The minimum atomic E-state index is -3.43. The van der Waals surface area contributed by atoms with E-state index in [0.717, 1.165) is 5.56 Å². The summed E-state index contributed by atoms with van der Waals surface area (Å²) in [6, 6.07) is 9.26. The molecule has 1 amide bonds. The Morgan fingerprint density at radius 1 is 1.25 bits per heavy atom. The summed E-state index contributed by atoms with van der Waals surface area (Å²) in [6.45, 7) is -0.350. The summed E-state index contributed by atoms with van der Waals surface area (Å²) in [4.78, 5) is 10.4. The van der Waals surface area contributed by atoms with Crippen LogP contribution >= 0.6 is 0 Å². The van der Waals surface area contributed by atoms with Gasteiger partial charge < -0.3 is 5.73 Å². The maximum Gasteiger partial charge on any atom is 0.232 e. The number of carbonyl (C=O) groups excluding carboxylic acids is 1. The largest absolute Gasteiger partial charge is 0.369 e. The van der Waals surface area contributed by atoms with Crippen LogP contribution in [0.3, 0.4) is 0 Å². The highest BCUT2D eigenvalue weighted by Gasteiger charge is 2.10. The molecule has 0 saturated carbocycles. The number of carbonyl (C=O) groups is 1. The lowest BCUT2D eigenvalue weighted by molar-refractivity contribution is -0.116. The third-order valence-corrected chi connectivity index (χ3v) is 3.29. The Morgan fingerprint density at radius 2 is 1.88 bits per heavy atom. The lowest BCUT2D eigenvalue weighted by atomic mass is 10.2. The second-order valence-corrected chi connectivity index (χ2v) is 5.27. The van der Waals surface area contributed by atoms with Crippen LogP contribution in [0.5, 0.6) is 0 Å². The molecule has 0 spiro atoms. The van der Waals surface area contributed by atoms with Crippen molar-refractivity contribution in [1.29, 1.82) is 0 Å². The molecule has 0 aliphatic carbocycles. The molecule has 0 saturated heterocycles. The average molecular weight is 242 g/mol. The van der Waals surface area contributed by atoms with E-state index in [-0.39, 0.29) is 12.3 Å². The lowest BCUT2D eigenvalue weighted by Gasteiger charge is -2.04. The number of amides is 1. The van der Waals surface area contributed by atoms with Crippen molar-refractivity contribution >= 4 is 15.9 Å². The van der Waals surface area contributed by atoms with Gasteiger partial charge in [0.05, 0.1) is 12.3 Å². The van der Waals surface area contributed by atoms with Gasteiger partial charge >= 0.3 is 0 Å². The van der Waals surface area contributed by atoms with E-state index in [9.17, 15) is 13.2 Å². The Labute approximate surface area is 94.7 Å². The van der Waals surface area contributed by atoms with Crippen molar-refractivity contribution in [3.05, 3.63) is 35.9 Å². The molecule has 3 N–H and O–H groups in total. The van der Waals surface area contributed by atoms with Gasteiger partial charge in [0.2, 0.25) is 15.9 Å². The van der Waals surface area contributed by atoms with Gasteiger partial charge in [-0.25, -0.2) is 13.1 Å². The molecule has 0 aromatic heterocycles. The first-order valence-electron chi connectivity index (χ1n) is 4.79. The van der Waals surface area contributed by atoms with E-state index in [0.29, 0.717) is 6.42 Å². The molecular weight excluding hydrogens is 228 g/mol. The van der Waals surface area contributed by atoms with Crippen molar-refractivity contribution < 1.29 is 13.2 Å². The molecule has 0 unspecified atom stereocenters. The van der Waals surface area contributed by atoms with Crippen molar-refractivity contribution in [3.63, 3.8) is 0 Å². The molecule has 6 heteroatoms. The number of benzene rings is 1. The number of rotatable bonds is 6. The number of hydrogen-bond acceptors (Lipinski definition) is 3. The summed E-state index contributed by atoms with van der Waals surface area (Å²) in [5.74, 6) is -0.743. The van der Waals surface area contributed by atoms with Gasteiger partial charge in [0.25, 0.3) is 0 Å². The van der Waals surface area contributed by atoms with Crippen LogP contribution in [0, 0.1) is 0 Å². The monoisotopic (exact) mass is 242 g/mol. The fourth-order valence-electron chi connectivity index (χ4n) is 1.15. The summed E-state index contributed by atoms with van der Waals surface area (Å²) in [7, 11) is -3.43. The maximum atomic E-state index is 11.4. The molecule has 1 aromatic rings. The number of sulfonamides is 1. The van der Waals surface area contributed by atoms with E-state index in [1.165, 1.54) is 0 Å². The second-order valence-electron chi connectivity index (χ2n) is 3.34. The van der Waals surface area contributed by atoms with Gasteiger partial charge in [-0.2, -0.15) is 0 Å². The highest BCUT2D eigenvalue weighted by molar-refractivity contribution is 7.89. The van der Waals surface area contributed by atoms with E-state index in [1.54, 1.807) is 0 Å². The van der Waals surface area contributed by atoms with Gasteiger partial charge in [0.1, 0.15) is 0 Å². The van der Waals surface area contributed by atoms with Crippen molar-refractivity contribution in [2.45, 2.75) is 6.42 Å². The molecular formula is C10H14N2O3S. The molecule has 16 heavy (non-hydrogen) atoms. The van der Waals surface area contributed by atoms with Crippen LogP contribution in [0.1, 0.15) is 5.56 Å². The van der Waals surface area contributed by atoms with Crippen molar-refractivity contribution in [1.82, 2.24) is 4.72 Å². The number of primary amides is 1. The minimum absolute atomic E-state index is 0.0513. The summed E-state index contributed by atoms with van der Waals surface area (Å²) in [6.07, 6.45) is 0.412. The zero-order chi connectivity index (χ0) is 12.0. The Bertz CT molecular complexity index is 442. The van der Waals surface area contributed by atoms with Crippen LogP contribution in [-0.2, 0) is 21.2 Å². The topological polar surface area (TPSA) is 89.3 Å². The molecule has 0 aliphatic heterocycles. The number of hydrogen-bond donors (Lipinski definition) is 2. The third kappa shape index (κ3) is 4.90. The van der Waals surface area contributed by atoms with Gasteiger partial charge in [0, 0.05) is 0 Å². The highest BCUT2D eigenvalue weighted by atomic mass is 32.2. The smallest absolute Gasteiger partial charge is 0.232 e. The Morgan fingerprint density at radius 3 is 2.44 bits per heavy atom. The quantitative estimate of drug-likeness (QED) is 0.713. The Balaban J connectivity index is 2.45. The van der Waals surface area contributed by atoms with E-state index in [1.807, 2.05) is 30.3 Å². The zero-order valence-corrected chi connectivity index (χ0v) is 9.53. The first-order valence-corrected chi connectivity index (χ1v) is 6.44. The Kier molecular flexibility index (Phi) is 4.45. The van der Waals surface area contributed by atoms with Crippen LogP contribution < -0.4 is 10.5 Å². The molecule has 0 heterocycles. The molecule has 88 valence electrons. The molecule has 1 aromatic carbocycles. The van der Waals surface area contributed by atoms with Gasteiger partial charge in [-0.1, -0.05) is 30.3 Å². The number of aryl methyl sites for hydroxylation is 1. The molecule has 0 atom stereocenters.